The van der Waals surface area contributed by atoms with Crippen molar-refractivity contribution in [2.24, 2.45) is 22.9 Å². The first-order valence-electron chi connectivity index (χ1n) is 17.7. The first kappa shape index (κ1) is 42.9. The number of amides is 1. The van der Waals surface area contributed by atoms with Gasteiger partial charge in [-0.05, 0) is 75.4 Å². The summed E-state index contributed by atoms with van der Waals surface area (Å²) in [5, 5.41) is 27.3. The summed E-state index contributed by atoms with van der Waals surface area (Å²) < 4.78 is 47.1. The van der Waals surface area contributed by atoms with Crippen molar-refractivity contribution in [3.63, 3.8) is 0 Å². The molecule has 0 aromatic carbocycles. The van der Waals surface area contributed by atoms with Crippen molar-refractivity contribution in [3.05, 3.63) is 0 Å². The van der Waals surface area contributed by atoms with E-state index in [1.165, 1.54) is 34.8 Å². The zero-order valence-corrected chi connectivity index (χ0v) is 32.4. The number of hydroxylamine groups is 2. The van der Waals surface area contributed by atoms with Gasteiger partial charge in [-0.3, -0.25) is 9.63 Å². The number of rotatable bonds is 9. The van der Waals surface area contributed by atoms with E-state index in [4.69, 9.17) is 33.4 Å². The van der Waals surface area contributed by atoms with E-state index < -0.39 is 89.2 Å². The van der Waals surface area contributed by atoms with Crippen LogP contribution in [0.5, 0.6) is 0 Å². The third kappa shape index (κ3) is 8.85. The van der Waals surface area contributed by atoms with Crippen LogP contribution in [0.2, 0.25) is 0 Å². The SMILES string of the molecule is CCO/N=C1\[C@H](C)C[C@](C)(OCC(C)O)[C@H](O[C@@H]2O[C@H](C)C[C@H](N(C)C)[C@H]2O)[C@@H](C)C(=O)[C@](C)(F)C(=O)O[C@@H](C)[C@@]2(C)OC(=O)N(OC)[C@@H]2[C@@H]1C. The summed E-state index contributed by atoms with van der Waals surface area (Å²) in [6.07, 6.45) is -6.74. The summed E-state index contributed by atoms with van der Waals surface area (Å²) in [5.41, 5.74) is -5.89. The van der Waals surface area contributed by atoms with Gasteiger partial charge >= 0.3 is 12.1 Å². The van der Waals surface area contributed by atoms with Crippen molar-refractivity contribution in [1.82, 2.24) is 9.96 Å². The Labute approximate surface area is 300 Å². The number of alkyl halides is 1. The Hall–Kier alpha value is -2.47. The molecule has 0 radical (unpaired) electrons. The number of Topliss-reactive ketones (excluding diaryl/α,β-unsaturated/α-hetero) is 1. The predicted octanol–water partition coefficient (Wildman–Crippen LogP) is 3.03. The number of likely N-dealkylation sites (N-methyl/N-ethyl adjacent to an activating group) is 1. The second-order valence-corrected chi connectivity index (χ2v) is 15.1. The highest BCUT2D eigenvalue weighted by atomic mass is 19.1. The zero-order valence-electron chi connectivity index (χ0n) is 32.4. The van der Waals surface area contributed by atoms with Crippen molar-refractivity contribution < 1.29 is 62.3 Å². The lowest BCUT2D eigenvalue weighted by atomic mass is 9.73. The van der Waals surface area contributed by atoms with Gasteiger partial charge < -0.3 is 43.6 Å². The van der Waals surface area contributed by atoms with Gasteiger partial charge in [0.25, 0.3) is 5.67 Å². The summed E-state index contributed by atoms with van der Waals surface area (Å²) in [6, 6.07) is -1.36. The van der Waals surface area contributed by atoms with Crippen LogP contribution in [0.25, 0.3) is 0 Å². The van der Waals surface area contributed by atoms with Crippen molar-refractivity contribution in [1.29, 1.82) is 0 Å². The second-order valence-electron chi connectivity index (χ2n) is 15.1. The van der Waals surface area contributed by atoms with E-state index in [1.54, 1.807) is 20.8 Å². The number of fused-ring (bicyclic) bond motifs is 1. The maximum Gasteiger partial charge on any atom is 0.435 e. The molecule has 3 aliphatic rings. The van der Waals surface area contributed by atoms with Crippen LogP contribution in [0.4, 0.5) is 9.18 Å². The number of aliphatic hydroxyl groups excluding tert-OH is 2. The number of ketones is 1. The number of oxime groups is 1. The van der Waals surface area contributed by atoms with E-state index in [0.29, 0.717) is 12.1 Å². The summed E-state index contributed by atoms with van der Waals surface area (Å²) in [7, 11) is 4.92. The molecule has 3 heterocycles. The van der Waals surface area contributed by atoms with Crippen molar-refractivity contribution in [2.75, 3.05) is 34.4 Å². The molecule has 14 atom stereocenters. The summed E-state index contributed by atoms with van der Waals surface area (Å²) >= 11 is 0. The number of carbonyl (C=O) groups excluding carboxylic acids is 3. The molecule has 3 saturated heterocycles. The first-order valence-corrected chi connectivity index (χ1v) is 17.7. The maximum atomic E-state index is 16.7. The number of hydrogen-bond acceptors (Lipinski definition) is 14. The van der Waals surface area contributed by atoms with Crippen molar-refractivity contribution >= 4 is 23.6 Å². The fourth-order valence-corrected chi connectivity index (χ4v) is 7.70. The Kier molecular flexibility index (Phi) is 14.0. The van der Waals surface area contributed by atoms with Crippen LogP contribution in [-0.4, -0.2) is 144 Å². The molecule has 0 aromatic heterocycles. The predicted molar refractivity (Wildman–Crippen MR) is 182 cm³/mol. The molecule has 3 rings (SSSR count). The van der Waals surface area contributed by atoms with Gasteiger partial charge in [0.15, 0.2) is 17.7 Å². The van der Waals surface area contributed by atoms with E-state index >= 15 is 4.39 Å². The van der Waals surface area contributed by atoms with Crippen LogP contribution in [0.3, 0.4) is 0 Å². The topological polar surface area (TPSA) is 175 Å². The van der Waals surface area contributed by atoms with Gasteiger partial charge in [0.2, 0.25) is 0 Å². The molecule has 51 heavy (non-hydrogen) atoms. The smallest absolute Gasteiger partial charge is 0.435 e. The Bertz CT molecular complexity index is 1270. The average molecular weight is 734 g/mol. The van der Waals surface area contributed by atoms with E-state index in [-0.39, 0.29) is 31.8 Å². The molecule has 0 spiro atoms. The fraction of sp³-hybridized carbons (Fsp3) is 0.886. The van der Waals surface area contributed by atoms with Crippen LogP contribution in [0.1, 0.15) is 82.1 Å². The van der Waals surface area contributed by atoms with Gasteiger partial charge in [-0.1, -0.05) is 25.9 Å². The lowest BCUT2D eigenvalue weighted by Crippen LogP contribution is -2.61. The molecule has 0 aromatic rings. The number of nitrogens with zero attached hydrogens (tertiary/aromatic N) is 3. The molecule has 1 unspecified atom stereocenters. The summed E-state index contributed by atoms with van der Waals surface area (Å²) in [5.74, 6) is -5.32. The van der Waals surface area contributed by atoms with Gasteiger partial charge in [0, 0.05) is 23.8 Å². The highest BCUT2D eigenvalue weighted by molar-refractivity contribution is 6.08. The van der Waals surface area contributed by atoms with Crippen LogP contribution in [0.15, 0.2) is 5.16 Å². The normalized spacial score (nSPS) is 43.0. The summed E-state index contributed by atoms with van der Waals surface area (Å²) in [6.45, 7) is 15.6. The van der Waals surface area contributed by atoms with E-state index in [2.05, 4.69) is 5.16 Å². The Morgan fingerprint density at radius 1 is 1.10 bits per heavy atom. The molecule has 16 heteroatoms. The average Bonchev–Trinajstić information content (AvgIpc) is 3.32. The molecule has 3 aliphatic heterocycles. The largest absolute Gasteiger partial charge is 0.456 e. The lowest BCUT2D eigenvalue weighted by Gasteiger charge is -2.48. The highest BCUT2D eigenvalue weighted by Gasteiger charge is 2.62. The minimum absolute atomic E-state index is 0.0436. The van der Waals surface area contributed by atoms with Gasteiger partial charge in [-0.15, -0.1) is 0 Å². The fourth-order valence-electron chi connectivity index (χ4n) is 7.70. The monoisotopic (exact) mass is 733 g/mol. The van der Waals surface area contributed by atoms with E-state index in [9.17, 15) is 24.6 Å². The first-order chi connectivity index (χ1) is 23.6. The molecule has 0 aliphatic carbocycles. The quantitative estimate of drug-likeness (QED) is 0.201. The number of halogens is 1. The standard InChI is InChI=1S/C35H60FN3O12/c1-14-47-37-25-18(2)16-33(8,46-17-19(3)40)29(50-30-26(41)24(38(11)12)15-20(4)48-30)22(6)28(42)34(9,36)31(43)49-23(7)35(10)27(21(25)5)39(45-13)32(44)51-35/h18-24,26-27,29-30,40-41H,14-17H2,1-13H3/b37-25+/t18-,19?,20-,21-,22+,23+,24+,26-,27-,29-,30+,33+,34+,35-/m1/s1. The Balaban J connectivity index is 2.29. The molecule has 2 N–H and O–H groups in total. The minimum Gasteiger partial charge on any atom is -0.456 e. The highest BCUT2D eigenvalue weighted by Crippen LogP contribution is 2.43. The molecule has 15 nitrogen and oxygen atoms in total. The number of hydrogen-bond donors (Lipinski definition) is 2. The molecule has 0 bridgehead atoms. The van der Waals surface area contributed by atoms with Gasteiger partial charge in [0.1, 0.15) is 24.9 Å². The van der Waals surface area contributed by atoms with Crippen LogP contribution >= 0.6 is 0 Å². The van der Waals surface area contributed by atoms with Gasteiger partial charge in [-0.25, -0.2) is 14.0 Å². The Morgan fingerprint density at radius 3 is 2.27 bits per heavy atom. The number of aliphatic hydroxyl groups is 2. The van der Waals surface area contributed by atoms with Crippen LogP contribution in [0, 0.1) is 17.8 Å². The van der Waals surface area contributed by atoms with E-state index in [0.717, 1.165) is 12.0 Å². The Morgan fingerprint density at radius 2 is 1.73 bits per heavy atom. The van der Waals surface area contributed by atoms with Crippen molar-refractivity contribution in [2.45, 2.75) is 148 Å². The molecule has 1 amide bonds. The van der Waals surface area contributed by atoms with Crippen LogP contribution < -0.4 is 0 Å². The number of carbonyl (C=O) groups is 3. The van der Waals surface area contributed by atoms with Crippen molar-refractivity contribution in [3.8, 4) is 0 Å². The lowest BCUT2D eigenvalue weighted by molar-refractivity contribution is -0.298. The molecule has 0 saturated carbocycles. The molecular formula is C35H60FN3O12. The van der Waals surface area contributed by atoms with Gasteiger partial charge in [0.05, 0.1) is 43.3 Å². The van der Waals surface area contributed by atoms with E-state index in [1.807, 2.05) is 32.8 Å². The second kappa shape index (κ2) is 16.7. The summed E-state index contributed by atoms with van der Waals surface area (Å²) in [4.78, 5) is 53.9. The number of ether oxygens (including phenoxy) is 5. The minimum atomic E-state index is -3.20. The molecule has 3 fully saturated rings. The third-order valence-corrected chi connectivity index (χ3v) is 10.6. The molecular weight excluding hydrogens is 673 g/mol. The third-order valence-electron chi connectivity index (χ3n) is 10.6. The maximum absolute atomic E-state index is 16.7. The van der Waals surface area contributed by atoms with Gasteiger partial charge in [-0.2, -0.15) is 5.06 Å². The van der Waals surface area contributed by atoms with Crippen LogP contribution in [-0.2, 0) is 42.9 Å². The zero-order chi connectivity index (χ0) is 38.8. The number of esters is 1. The number of cyclic esters (lactones) is 1. The molecule has 294 valence electrons.